The maximum Gasteiger partial charge on any atom is 0.211 e. The summed E-state index contributed by atoms with van der Waals surface area (Å²) < 4.78 is 2.98. The van der Waals surface area contributed by atoms with Crippen LogP contribution in [0.2, 0.25) is 0 Å². The first-order chi connectivity index (χ1) is 11.2. The molecular formula is C18H17N3OS. The lowest BCUT2D eigenvalue weighted by molar-refractivity contribution is 0.576. The molecule has 2 aliphatic rings. The predicted octanol–water partition coefficient (Wildman–Crippen LogP) is 4.22. The van der Waals surface area contributed by atoms with Crippen LogP contribution in [-0.2, 0) is 6.54 Å². The van der Waals surface area contributed by atoms with Crippen molar-refractivity contribution in [2.24, 2.45) is 0 Å². The molecule has 116 valence electrons. The first-order valence-electron chi connectivity index (χ1n) is 7.88. The maximum absolute atomic E-state index is 12.7. The largest absolute Gasteiger partial charge is 0.287 e. The van der Waals surface area contributed by atoms with Gasteiger partial charge in [-0.3, -0.25) is 9.48 Å². The molecular weight excluding hydrogens is 306 g/mol. The minimum absolute atomic E-state index is 0.0241. The maximum atomic E-state index is 12.7. The average molecular weight is 323 g/mol. The fourth-order valence-corrected chi connectivity index (χ4v) is 3.96. The molecule has 5 heteroatoms. The summed E-state index contributed by atoms with van der Waals surface area (Å²) in [5.74, 6) is 0. The highest BCUT2D eigenvalue weighted by atomic mass is 32.1. The molecule has 0 fully saturated rings. The fourth-order valence-electron chi connectivity index (χ4n) is 2.88. The quantitative estimate of drug-likeness (QED) is 0.530. The number of para-hydroxylation sites is 1. The van der Waals surface area contributed by atoms with Gasteiger partial charge in [-0.1, -0.05) is 25.5 Å². The molecule has 0 saturated heterocycles. The standard InChI is InChI=1S/C18H17N3OS/c1-3-4-9-21-10-12-15(20-21)17(22)11(2)18-16(12)19-13-7-5-6-8-14(13)23-18/h5-8,10H,3-4,9H2,1-2H3. The van der Waals surface area contributed by atoms with Gasteiger partial charge in [0.15, 0.2) is 0 Å². The van der Waals surface area contributed by atoms with Crippen LogP contribution in [0.1, 0.15) is 25.3 Å². The van der Waals surface area contributed by atoms with Gasteiger partial charge in [0, 0.05) is 18.3 Å². The van der Waals surface area contributed by atoms with Crippen molar-refractivity contribution in [2.75, 3.05) is 0 Å². The van der Waals surface area contributed by atoms with Crippen LogP contribution in [0.25, 0.3) is 31.7 Å². The van der Waals surface area contributed by atoms with Crippen molar-refractivity contribution in [1.82, 2.24) is 14.8 Å². The van der Waals surface area contributed by atoms with Crippen molar-refractivity contribution in [2.45, 2.75) is 33.2 Å². The van der Waals surface area contributed by atoms with Crippen LogP contribution in [0.5, 0.6) is 0 Å². The number of fused-ring (bicyclic) bond motifs is 4. The van der Waals surface area contributed by atoms with E-state index in [2.05, 4.69) is 12.0 Å². The van der Waals surface area contributed by atoms with E-state index in [1.807, 2.05) is 42.1 Å². The minimum Gasteiger partial charge on any atom is -0.287 e. The third-order valence-corrected chi connectivity index (χ3v) is 5.45. The number of hydrogen-bond acceptors (Lipinski definition) is 4. The Kier molecular flexibility index (Phi) is 3.38. The molecule has 0 spiro atoms. The Morgan fingerprint density at radius 2 is 2.09 bits per heavy atom. The SMILES string of the molecule is CCCCn1cc2c3nc4ccccc4sc-3c(C)c(=O)c2n1. The highest BCUT2D eigenvalue weighted by molar-refractivity contribution is 7.21. The van der Waals surface area contributed by atoms with Crippen molar-refractivity contribution in [3.05, 3.63) is 46.2 Å². The van der Waals surface area contributed by atoms with Gasteiger partial charge >= 0.3 is 0 Å². The number of nitrogens with zero attached hydrogens (tertiary/aromatic N) is 3. The Morgan fingerprint density at radius 1 is 1.26 bits per heavy atom. The predicted molar refractivity (Wildman–Crippen MR) is 95.4 cm³/mol. The summed E-state index contributed by atoms with van der Waals surface area (Å²) in [6.07, 6.45) is 4.13. The minimum atomic E-state index is 0.0241. The van der Waals surface area contributed by atoms with E-state index in [1.54, 1.807) is 11.3 Å². The Balaban J connectivity index is 2.08. The van der Waals surface area contributed by atoms with E-state index in [9.17, 15) is 4.79 Å². The molecule has 1 aromatic carbocycles. The van der Waals surface area contributed by atoms with E-state index >= 15 is 0 Å². The molecule has 0 saturated carbocycles. The lowest BCUT2D eigenvalue weighted by Gasteiger charge is -2.09. The van der Waals surface area contributed by atoms with Gasteiger partial charge in [0.25, 0.3) is 0 Å². The molecule has 4 nitrogen and oxygen atoms in total. The van der Waals surface area contributed by atoms with E-state index in [0.29, 0.717) is 5.52 Å². The molecule has 0 atom stereocenters. The van der Waals surface area contributed by atoms with E-state index < -0.39 is 0 Å². The topological polar surface area (TPSA) is 47.8 Å². The average Bonchev–Trinajstić information content (AvgIpc) is 3.01. The smallest absolute Gasteiger partial charge is 0.211 e. The van der Waals surface area contributed by atoms with Gasteiger partial charge in [-0.2, -0.15) is 5.10 Å². The molecule has 23 heavy (non-hydrogen) atoms. The lowest BCUT2D eigenvalue weighted by Crippen LogP contribution is -2.09. The molecule has 1 aliphatic heterocycles. The summed E-state index contributed by atoms with van der Waals surface area (Å²) in [6.45, 7) is 4.86. The van der Waals surface area contributed by atoms with Crippen molar-refractivity contribution < 1.29 is 0 Å². The van der Waals surface area contributed by atoms with Crippen LogP contribution >= 0.6 is 11.3 Å². The summed E-state index contributed by atoms with van der Waals surface area (Å²) >= 11 is 1.63. The summed E-state index contributed by atoms with van der Waals surface area (Å²) in [7, 11) is 0. The fraction of sp³-hybridized carbons (Fsp3) is 0.278. The molecule has 0 amide bonds. The second kappa shape index (κ2) is 5.42. The molecule has 0 N–H and O–H groups in total. The molecule has 2 aromatic rings. The first kappa shape index (κ1) is 14.3. The van der Waals surface area contributed by atoms with Crippen molar-refractivity contribution in [1.29, 1.82) is 0 Å². The number of benzene rings is 2. The number of unbranched alkanes of at least 4 members (excludes halogenated alkanes) is 1. The summed E-state index contributed by atoms with van der Waals surface area (Å²) in [5, 5.41) is 5.38. The van der Waals surface area contributed by atoms with Gasteiger partial charge < -0.3 is 0 Å². The third kappa shape index (κ3) is 2.23. The monoisotopic (exact) mass is 323 g/mol. The highest BCUT2D eigenvalue weighted by Crippen LogP contribution is 2.36. The van der Waals surface area contributed by atoms with Crippen LogP contribution in [0, 0.1) is 6.92 Å². The number of hydrogen-bond donors (Lipinski definition) is 0. The van der Waals surface area contributed by atoms with Gasteiger partial charge in [-0.05, 0) is 25.5 Å². The summed E-state index contributed by atoms with van der Waals surface area (Å²) in [6, 6.07) is 8.05. The molecule has 1 aliphatic carbocycles. The molecule has 0 unspecified atom stereocenters. The highest BCUT2D eigenvalue weighted by Gasteiger charge is 2.20. The Labute approximate surface area is 137 Å². The van der Waals surface area contributed by atoms with Gasteiger partial charge in [-0.15, -0.1) is 11.3 Å². The summed E-state index contributed by atoms with van der Waals surface area (Å²) in [5.41, 5.74) is 3.17. The van der Waals surface area contributed by atoms with E-state index in [1.165, 1.54) is 0 Å². The molecule has 0 radical (unpaired) electrons. The molecule has 2 heterocycles. The van der Waals surface area contributed by atoms with Crippen LogP contribution in [0.15, 0.2) is 35.3 Å². The van der Waals surface area contributed by atoms with Crippen LogP contribution in [0.4, 0.5) is 0 Å². The van der Waals surface area contributed by atoms with Gasteiger partial charge in [-0.25, -0.2) is 4.98 Å². The lowest BCUT2D eigenvalue weighted by atomic mass is 10.1. The first-order valence-corrected chi connectivity index (χ1v) is 8.70. The van der Waals surface area contributed by atoms with E-state index in [4.69, 9.17) is 4.98 Å². The van der Waals surface area contributed by atoms with Gasteiger partial charge in [0.2, 0.25) is 5.43 Å². The third-order valence-electron chi connectivity index (χ3n) is 4.18. The zero-order chi connectivity index (χ0) is 16.0. The van der Waals surface area contributed by atoms with Crippen molar-refractivity contribution in [3.8, 4) is 10.6 Å². The zero-order valence-corrected chi connectivity index (χ0v) is 14.0. The molecule has 0 bridgehead atoms. The number of aryl methyl sites for hydroxylation is 1. The second-order valence-electron chi connectivity index (χ2n) is 5.82. The zero-order valence-electron chi connectivity index (χ0n) is 13.2. The van der Waals surface area contributed by atoms with Gasteiger partial charge in [0.05, 0.1) is 26.2 Å². The number of aromatic nitrogens is 3. The molecule has 1 aromatic heterocycles. The number of rotatable bonds is 3. The van der Waals surface area contributed by atoms with E-state index in [-0.39, 0.29) is 5.43 Å². The van der Waals surface area contributed by atoms with Crippen LogP contribution < -0.4 is 5.43 Å². The normalized spacial score (nSPS) is 11.7. The Morgan fingerprint density at radius 3 is 2.91 bits per heavy atom. The Hall–Kier alpha value is -2.27. The van der Waals surface area contributed by atoms with Crippen molar-refractivity contribution in [3.63, 3.8) is 0 Å². The van der Waals surface area contributed by atoms with Gasteiger partial charge in [0.1, 0.15) is 5.52 Å². The Bertz CT molecular complexity index is 1050. The van der Waals surface area contributed by atoms with E-state index in [0.717, 1.165) is 51.1 Å². The summed E-state index contributed by atoms with van der Waals surface area (Å²) in [4.78, 5) is 18.5. The molecule has 4 rings (SSSR count). The van der Waals surface area contributed by atoms with Crippen molar-refractivity contribution >= 4 is 32.5 Å². The van der Waals surface area contributed by atoms with Crippen LogP contribution in [0.3, 0.4) is 0 Å². The second-order valence-corrected chi connectivity index (χ2v) is 6.87. The van der Waals surface area contributed by atoms with Crippen LogP contribution in [-0.4, -0.2) is 14.8 Å².